The molecule has 2 aromatic carbocycles. The lowest BCUT2D eigenvalue weighted by molar-refractivity contribution is 0.297. The number of nitrogens with zero attached hydrogens (tertiary/aromatic N) is 1. The quantitative estimate of drug-likeness (QED) is 0.746. The highest BCUT2D eigenvalue weighted by atomic mass is 32.2. The first kappa shape index (κ1) is 18.3. The molecular weight excluding hydrogens is 371 g/mol. The van der Waals surface area contributed by atoms with Crippen LogP contribution in [0.5, 0.6) is 5.75 Å². The summed E-state index contributed by atoms with van der Waals surface area (Å²) in [7, 11) is 0. The molecule has 3 atom stereocenters. The number of thioether (sulfide) groups is 1. The van der Waals surface area contributed by atoms with Gasteiger partial charge >= 0.3 is 0 Å². The van der Waals surface area contributed by atoms with Gasteiger partial charge in [-0.3, -0.25) is 0 Å². The molecule has 1 N–H and O–H groups in total. The largest absolute Gasteiger partial charge is 0.494 e. The highest BCUT2D eigenvalue weighted by molar-refractivity contribution is 7.98. The van der Waals surface area contributed by atoms with E-state index in [4.69, 9.17) is 4.74 Å². The minimum absolute atomic E-state index is 0.220. The number of hydrogen-bond donors (Lipinski definition) is 1. The van der Waals surface area contributed by atoms with E-state index in [1.165, 1.54) is 35.6 Å². The maximum absolute atomic E-state index is 13.0. The van der Waals surface area contributed by atoms with E-state index in [0.717, 1.165) is 37.4 Å². The van der Waals surface area contributed by atoms with Gasteiger partial charge in [-0.25, -0.2) is 4.39 Å². The zero-order valence-corrected chi connectivity index (χ0v) is 16.9. The van der Waals surface area contributed by atoms with Crippen LogP contribution in [0.3, 0.4) is 0 Å². The summed E-state index contributed by atoms with van der Waals surface area (Å²) in [6.07, 6.45) is 3.39. The molecule has 0 amide bonds. The van der Waals surface area contributed by atoms with Gasteiger partial charge in [0.2, 0.25) is 0 Å². The minimum atomic E-state index is -0.220. The fourth-order valence-electron chi connectivity index (χ4n) is 5.10. The number of nitrogens with one attached hydrogen (secondary N) is 1. The normalized spacial score (nSPS) is 25.8. The molecular formula is C23H27FN2OS. The van der Waals surface area contributed by atoms with Crippen LogP contribution in [0.4, 0.5) is 10.1 Å². The third-order valence-corrected chi connectivity index (χ3v) is 7.47. The summed E-state index contributed by atoms with van der Waals surface area (Å²) in [6, 6.07) is 14.5. The smallest absolute Gasteiger partial charge is 0.123 e. The van der Waals surface area contributed by atoms with Gasteiger partial charge in [0.1, 0.15) is 11.6 Å². The van der Waals surface area contributed by atoms with Gasteiger partial charge < -0.3 is 15.0 Å². The molecule has 148 valence electrons. The van der Waals surface area contributed by atoms with Crippen molar-refractivity contribution in [1.82, 2.24) is 5.32 Å². The Bertz CT molecular complexity index is 828. The number of hydrogen-bond acceptors (Lipinski definition) is 4. The van der Waals surface area contributed by atoms with Crippen LogP contribution in [-0.4, -0.2) is 37.5 Å². The van der Waals surface area contributed by atoms with Crippen molar-refractivity contribution in [3.63, 3.8) is 0 Å². The van der Waals surface area contributed by atoms with Gasteiger partial charge in [0.05, 0.1) is 6.61 Å². The van der Waals surface area contributed by atoms with Crippen molar-refractivity contribution < 1.29 is 9.13 Å². The molecule has 5 heteroatoms. The van der Waals surface area contributed by atoms with E-state index in [-0.39, 0.29) is 5.82 Å². The first-order chi connectivity index (χ1) is 13.8. The third kappa shape index (κ3) is 3.39. The van der Waals surface area contributed by atoms with Crippen molar-refractivity contribution >= 4 is 17.4 Å². The van der Waals surface area contributed by atoms with Gasteiger partial charge in [0.15, 0.2) is 0 Å². The molecule has 0 bridgehead atoms. The Morgan fingerprint density at radius 2 is 2.07 bits per heavy atom. The molecule has 1 saturated heterocycles. The van der Waals surface area contributed by atoms with E-state index in [0.29, 0.717) is 24.6 Å². The van der Waals surface area contributed by atoms with Crippen LogP contribution in [0.2, 0.25) is 0 Å². The van der Waals surface area contributed by atoms with Gasteiger partial charge in [-0.05, 0) is 61.2 Å². The van der Waals surface area contributed by atoms with Crippen LogP contribution >= 0.6 is 11.8 Å². The molecule has 0 aliphatic carbocycles. The number of fused-ring (bicyclic) bond motifs is 3. The van der Waals surface area contributed by atoms with E-state index in [9.17, 15) is 4.39 Å². The standard InChI is InChI=1S/C23H27FN2OS/c24-17-6-8-19(9-7-17)27-12-2-4-18-15-28-14-16-3-1-5-20-21-13-25-11-10-22(21)26(18)23(16)20/h1,3,5-9,18,21-22,25H,2,4,10-15H2. The second-order valence-corrected chi connectivity index (χ2v) is 9.07. The number of para-hydroxylation sites is 1. The number of piperidine rings is 1. The summed E-state index contributed by atoms with van der Waals surface area (Å²) < 4.78 is 18.9. The molecule has 5 rings (SSSR count). The zero-order chi connectivity index (χ0) is 18.9. The SMILES string of the molecule is Fc1ccc(OCCCC2CSCc3cccc4c3N2C2CCNCC42)cc1. The average molecular weight is 399 g/mol. The number of anilines is 1. The number of rotatable bonds is 5. The molecule has 0 saturated carbocycles. The molecule has 3 unspecified atom stereocenters. The van der Waals surface area contributed by atoms with Gasteiger partial charge in [-0.15, -0.1) is 0 Å². The lowest BCUT2D eigenvalue weighted by Gasteiger charge is -2.39. The average Bonchev–Trinajstić information content (AvgIpc) is 2.94. The van der Waals surface area contributed by atoms with E-state index >= 15 is 0 Å². The van der Waals surface area contributed by atoms with Crippen molar-refractivity contribution in [2.75, 3.05) is 30.3 Å². The lowest BCUT2D eigenvalue weighted by Crippen LogP contribution is -2.49. The maximum Gasteiger partial charge on any atom is 0.123 e. The topological polar surface area (TPSA) is 24.5 Å². The van der Waals surface area contributed by atoms with Gasteiger partial charge in [0.25, 0.3) is 0 Å². The van der Waals surface area contributed by atoms with Crippen LogP contribution in [0.25, 0.3) is 0 Å². The second-order valence-electron chi connectivity index (χ2n) is 8.04. The molecule has 28 heavy (non-hydrogen) atoms. The Balaban J connectivity index is 1.29. The monoisotopic (exact) mass is 398 g/mol. The van der Waals surface area contributed by atoms with Crippen molar-refractivity contribution in [2.45, 2.75) is 43.0 Å². The van der Waals surface area contributed by atoms with Crippen molar-refractivity contribution in [3.8, 4) is 5.75 Å². The van der Waals surface area contributed by atoms with Crippen LogP contribution in [0.1, 0.15) is 36.3 Å². The van der Waals surface area contributed by atoms with Gasteiger partial charge in [0, 0.05) is 41.7 Å². The molecule has 3 nitrogen and oxygen atoms in total. The predicted octanol–water partition coefficient (Wildman–Crippen LogP) is 4.57. The van der Waals surface area contributed by atoms with E-state index in [1.54, 1.807) is 17.7 Å². The second kappa shape index (κ2) is 7.96. The molecule has 3 aliphatic rings. The third-order valence-electron chi connectivity index (χ3n) is 6.34. The summed E-state index contributed by atoms with van der Waals surface area (Å²) in [4.78, 5) is 2.79. The Morgan fingerprint density at radius 1 is 1.18 bits per heavy atom. The fourth-order valence-corrected chi connectivity index (χ4v) is 6.27. The Hall–Kier alpha value is -1.72. The molecule has 3 heterocycles. The number of halogens is 1. The molecule has 1 fully saturated rings. The predicted molar refractivity (Wildman–Crippen MR) is 114 cm³/mol. The minimum Gasteiger partial charge on any atom is -0.494 e. The lowest BCUT2D eigenvalue weighted by atomic mass is 9.89. The maximum atomic E-state index is 13.0. The van der Waals surface area contributed by atoms with Crippen molar-refractivity contribution in [2.24, 2.45) is 0 Å². The summed E-state index contributed by atoms with van der Waals surface area (Å²) in [5.41, 5.74) is 4.61. The zero-order valence-electron chi connectivity index (χ0n) is 16.1. The highest BCUT2D eigenvalue weighted by Crippen LogP contribution is 2.49. The Kier molecular flexibility index (Phi) is 5.20. The van der Waals surface area contributed by atoms with Crippen LogP contribution in [0.15, 0.2) is 42.5 Å². The van der Waals surface area contributed by atoms with Crippen LogP contribution in [-0.2, 0) is 5.75 Å². The first-order valence-electron chi connectivity index (χ1n) is 10.4. The first-order valence-corrected chi connectivity index (χ1v) is 11.5. The summed E-state index contributed by atoms with van der Waals surface area (Å²) in [5, 5.41) is 3.61. The molecule has 0 spiro atoms. The van der Waals surface area contributed by atoms with Crippen LogP contribution in [0, 0.1) is 5.82 Å². The number of benzene rings is 2. The summed E-state index contributed by atoms with van der Waals surface area (Å²) in [6.45, 7) is 2.91. The highest BCUT2D eigenvalue weighted by Gasteiger charge is 2.44. The van der Waals surface area contributed by atoms with E-state index in [1.807, 2.05) is 0 Å². The van der Waals surface area contributed by atoms with Crippen molar-refractivity contribution in [1.29, 1.82) is 0 Å². The summed E-state index contributed by atoms with van der Waals surface area (Å²) in [5.74, 6) is 3.47. The van der Waals surface area contributed by atoms with E-state index in [2.05, 4.69) is 40.2 Å². The van der Waals surface area contributed by atoms with E-state index < -0.39 is 0 Å². The van der Waals surface area contributed by atoms with Gasteiger partial charge in [-0.1, -0.05) is 18.2 Å². The molecule has 0 aromatic heterocycles. The summed E-state index contributed by atoms with van der Waals surface area (Å²) >= 11 is 2.07. The van der Waals surface area contributed by atoms with Crippen LogP contribution < -0.4 is 15.0 Å². The van der Waals surface area contributed by atoms with Gasteiger partial charge in [-0.2, -0.15) is 11.8 Å². The Labute approximate surface area is 170 Å². The fraction of sp³-hybridized carbons (Fsp3) is 0.478. The Morgan fingerprint density at radius 3 is 2.96 bits per heavy atom. The molecule has 0 radical (unpaired) electrons. The molecule has 3 aliphatic heterocycles. The molecule has 2 aromatic rings. The van der Waals surface area contributed by atoms with Crippen molar-refractivity contribution in [3.05, 3.63) is 59.4 Å². The number of ether oxygens (including phenoxy) is 1.